The Morgan fingerprint density at radius 2 is 1.89 bits per heavy atom. The lowest BCUT2D eigenvalue weighted by Crippen LogP contribution is -2.48. The number of carbonyl (C=O) groups excluding carboxylic acids is 1. The highest BCUT2D eigenvalue weighted by Gasteiger charge is 2.19. The lowest BCUT2D eigenvalue weighted by atomic mass is 10.1. The molecule has 0 atom stereocenters. The van der Waals surface area contributed by atoms with Gasteiger partial charge >= 0.3 is 6.03 Å². The topological polar surface area (TPSA) is 52.6 Å². The van der Waals surface area contributed by atoms with Gasteiger partial charge in [0.2, 0.25) is 0 Å². The minimum absolute atomic E-state index is 0.0373. The average molecular weight is 250 g/mol. The highest BCUT2D eigenvalue weighted by molar-refractivity contribution is 5.74. The number of amides is 2. The fourth-order valence-corrected chi connectivity index (χ4v) is 1.58. The molecule has 0 aliphatic heterocycles. The van der Waals surface area contributed by atoms with Gasteiger partial charge < -0.3 is 15.3 Å². The van der Waals surface area contributed by atoms with Gasteiger partial charge in [0.05, 0.1) is 6.61 Å². The predicted molar refractivity (Wildman–Crippen MR) is 72.2 cm³/mol. The first-order valence-corrected chi connectivity index (χ1v) is 6.14. The molecule has 100 valence electrons. The molecule has 1 aromatic carbocycles. The van der Waals surface area contributed by atoms with E-state index in [0.717, 1.165) is 5.56 Å². The molecule has 0 saturated heterocycles. The van der Waals surface area contributed by atoms with Crippen molar-refractivity contribution in [1.82, 2.24) is 10.2 Å². The van der Waals surface area contributed by atoms with Gasteiger partial charge in [-0.15, -0.1) is 0 Å². The maximum atomic E-state index is 12.1. The molecule has 0 aliphatic rings. The van der Waals surface area contributed by atoms with Gasteiger partial charge in [0, 0.05) is 18.6 Å². The van der Waals surface area contributed by atoms with Crippen LogP contribution in [0.2, 0.25) is 0 Å². The molecule has 1 aromatic rings. The molecule has 4 nitrogen and oxygen atoms in total. The van der Waals surface area contributed by atoms with Crippen molar-refractivity contribution in [2.45, 2.75) is 32.9 Å². The zero-order chi connectivity index (χ0) is 13.6. The smallest absolute Gasteiger partial charge is 0.318 e. The van der Waals surface area contributed by atoms with Gasteiger partial charge in [0.25, 0.3) is 0 Å². The number of benzene rings is 1. The molecule has 0 radical (unpaired) electrons. The van der Waals surface area contributed by atoms with Gasteiger partial charge in [0.15, 0.2) is 0 Å². The van der Waals surface area contributed by atoms with Crippen molar-refractivity contribution >= 4 is 6.03 Å². The predicted octanol–water partition coefficient (Wildman–Crippen LogP) is 1.99. The van der Waals surface area contributed by atoms with E-state index >= 15 is 0 Å². The van der Waals surface area contributed by atoms with Gasteiger partial charge in [0.1, 0.15) is 0 Å². The Labute approximate surface area is 109 Å². The third-order valence-corrected chi connectivity index (χ3v) is 2.36. The molecule has 2 amide bonds. The van der Waals surface area contributed by atoms with Crippen molar-refractivity contribution < 1.29 is 9.90 Å². The molecule has 18 heavy (non-hydrogen) atoms. The maximum absolute atomic E-state index is 12.1. The number of hydrogen-bond acceptors (Lipinski definition) is 2. The van der Waals surface area contributed by atoms with E-state index in [9.17, 15) is 4.79 Å². The van der Waals surface area contributed by atoms with Crippen LogP contribution in [-0.2, 0) is 6.54 Å². The fourth-order valence-electron chi connectivity index (χ4n) is 1.58. The first-order chi connectivity index (χ1) is 8.42. The Morgan fingerprint density at radius 3 is 2.39 bits per heavy atom. The van der Waals surface area contributed by atoms with Crippen LogP contribution in [0.1, 0.15) is 26.3 Å². The third kappa shape index (κ3) is 5.19. The molecule has 2 N–H and O–H groups in total. The van der Waals surface area contributed by atoms with Gasteiger partial charge in [-0.2, -0.15) is 0 Å². The second-order valence-electron chi connectivity index (χ2n) is 5.31. The number of aliphatic hydroxyl groups excluding tert-OH is 1. The zero-order valence-corrected chi connectivity index (χ0v) is 11.3. The van der Waals surface area contributed by atoms with E-state index < -0.39 is 0 Å². The molecule has 0 unspecified atom stereocenters. The monoisotopic (exact) mass is 250 g/mol. The average Bonchev–Trinajstić information content (AvgIpc) is 2.27. The molecule has 0 fully saturated rings. The molecule has 0 aromatic heterocycles. The van der Waals surface area contributed by atoms with Crippen LogP contribution in [0.5, 0.6) is 0 Å². The van der Waals surface area contributed by atoms with E-state index in [2.05, 4.69) is 5.32 Å². The molecule has 1 rings (SSSR count). The standard InChI is InChI=1S/C14H22N2O2/c1-14(2,3)15-13(18)16(9-10-17)11-12-7-5-4-6-8-12/h4-8,17H,9-11H2,1-3H3,(H,15,18). The second kappa shape index (κ2) is 6.40. The molecule has 0 heterocycles. The number of rotatable bonds is 4. The Balaban J connectivity index is 2.68. The Hall–Kier alpha value is -1.55. The molecule has 0 bridgehead atoms. The summed E-state index contributed by atoms with van der Waals surface area (Å²) in [6.07, 6.45) is 0. The van der Waals surface area contributed by atoms with Crippen molar-refractivity contribution in [3.8, 4) is 0 Å². The van der Waals surface area contributed by atoms with E-state index in [0.29, 0.717) is 13.1 Å². The summed E-state index contributed by atoms with van der Waals surface area (Å²) in [5.41, 5.74) is 0.775. The zero-order valence-electron chi connectivity index (χ0n) is 11.3. The van der Waals surface area contributed by atoms with E-state index in [4.69, 9.17) is 5.11 Å². The van der Waals surface area contributed by atoms with Crippen LogP contribution < -0.4 is 5.32 Å². The first-order valence-electron chi connectivity index (χ1n) is 6.14. The quantitative estimate of drug-likeness (QED) is 0.858. The largest absolute Gasteiger partial charge is 0.395 e. The maximum Gasteiger partial charge on any atom is 0.318 e. The number of carbonyl (C=O) groups is 1. The lowest BCUT2D eigenvalue weighted by Gasteiger charge is -2.28. The molecule has 0 aliphatic carbocycles. The van der Waals surface area contributed by atoms with Crippen LogP contribution in [0.25, 0.3) is 0 Å². The van der Waals surface area contributed by atoms with Crippen LogP contribution in [0.15, 0.2) is 30.3 Å². The highest BCUT2D eigenvalue weighted by Crippen LogP contribution is 2.06. The summed E-state index contributed by atoms with van der Waals surface area (Å²) >= 11 is 0. The van der Waals surface area contributed by atoms with Gasteiger partial charge in [-0.3, -0.25) is 0 Å². The minimum atomic E-state index is -0.276. The van der Waals surface area contributed by atoms with Crippen LogP contribution in [0, 0.1) is 0 Å². The summed E-state index contributed by atoms with van der Waals surface area (Å²) < 4.78 is 0. The normalized spacial score (nSPS) is 11.1. The first kappa shape index (κ1) is 14.5. The second-order valence-corrected chi connectivity index (χ2v) is 5.31. The van der Waals surface area contributed by atoms with Crippen molar-refractivity contribution in [2.75, 3.05) is 13.2 Å². The van der Waals surface area contributed by atoms with Crippen LogP contribution in [0.3, 0.4) is 0 Å². The van der Waals surface area contributed by atoms with E-state index in [-0.39, 0.29) is 18.2 Å². The summed E-state index contributed by atoms with van der Waals surface area (Å²) in [5, 5.41) is 11.9. The van der Waals surface area contributed by atoms with Crippen molar-refractivity contribution in [3.63, 3.8) is 0 Å². The van der Waals surface area contributed by atoms with Gasteiger partial charge in [-0.25, -0.2) is 4.79 Å². The number of nitrogens with one attached hydrogen (secondary N) is 1. The van der Waals surface area contributed by atoms with Gasteiger partial charge in [-0.1, -0.05) is 30.3 Å². The van der Waals surface area contributed by atoms with E-state index in [1.165, 1.54) is 0 Å². The number of aliphatic hydroxyl groups is 1. The molecular weight excluding hydrogens is 228 g/mol. The molecule has 0 spiro atoms. The van der Waals surface area contributed by atoms with Crippen molar-refractivity contribution in [1.29, 1.82) is 0 Å². The third-order valence-electron chi connectivity index (χ3n) is 2.36. The van der Waals surface area contributed by atoms with Crippen LogP contribution in [0.4, 0.5) is 4.79 Å². The fraction of sp³-hybridized carbons (Fsp3) is 0.500. The Bertz CT molecular complexity index is 371. The summed E-state index contributed by atoms with van der Waals surface area (Å²) in [7, 11) is 0. The Morgan fingerprint density at radius 1 is 1.28 bits per heavy atom. The number of urea groups is 1. The summed E-state index contributed by atoms with van der Waals surface area (Å²) in [6, 6.07) is 9.60. The summed E-state index contributed by atoms with van der Waals surface area (Å²) in [4.78, 5) is 13.7. The van der Waals surface area contributed by atoms with Crippen molar-refractivity contribution in [2.24, 2.45) is 0 Å². The lowest BCUT2D eigenvalue weighted by molar-refractivity contribution is 0.167. The molecule has 4 heteroatoms. The van der Waals surface area contributed by atoms with Crippen molar-refractivity contribution in [3.05, 3.63) is 35.9 Å². The highest BCUT2D eigenvalue weighted by atomic mass is 16.3. The molecule has 0 saturated carbocycles. The van der Waals surface area contributed by atoms with E-state index in [1.54, 1.807) is 4.90 Å². The van der Waals surface area contributed by atoms with E-state index in [1.807, 2.05) is 51.1 Å². The summed E-state index contributed by atoms with van der Waals surface area (Å²) in [6.45, 7) is 6.60. The SMILES string of the molecule is CC(C)(C)NC(=O)N(CCO)Cc1ccccc1. The minimum Gasteiger partial charge on any atom is -0.395 e. The summed E-state index contributed by atoms with van der Waals surface area (Å²) in [5.74, 6) is 0. The number of hydrogen-bond donors (Lipinski definition) is 2. The number of nitrogens with zero attached hydrogens (tertiary/aromatic N) is 1. The van der Waals surface area contributed by atoms with Gasteiger partial charge in [-0.05, 0) is 26.3 Å². The van der Waals surface area contributed by atoms with Crippen LogP contribution in [-0.4, -0.2) is 34.7 Å². The Kier molecular flexibility index (Phi) is 5.16. The molecular formula is C14H22N2O2. The van der Waals surface area contributed by atoms with Crippen LogP contribution >= 0.6 is 0 Å².